The van der Waals surface area contributed by atoms with Crippen molar-refractivity contribution in [2.45, 2.75) is 37.6 Å². The van der Waals surface area contributed by atoms with Gasteiger partial charge in [0.05, 0.1) is 12.9 Å². The molecule has 1 amide bonds. The van der Waals surface area contributed by atoms with Crippen LogP contribution in [0.4, 0.5) is 0 Å². The van der Waals surface area contributed by atoms with Crippen LogP contribution < -0.4 is 5.32 Å². The van der Waals surface area contributed by atoms with Crippen LogP contribution in [0.3, 0.4) is 0 Å². The zero-order chi connectivity index (χ0) is 15.1. The van der Waals surface area contributed by atoms with E-state index >= 15 is 0 Å². The van der Waals surface area contributed by atoms with Crippen molar-refractivity contribution >= 4 is 35.0 Å². The van der Waals surface area contributed by atoms with Gasteiger partial charge >= 0.3 is 5.97 Å². The highest BCUT2D eigenvalue weighted by Gasteiger charge is 2.26. The van der Waals surface area contributed by atoms with E-state index in [4.69, 9.17) is 4.74 Å². The lowest BCUT2D eigenvalue weighted by Crippen LogP contribution is -2.46. The summed E-state index contributed by atoms with van der Waals surface area (Å²) in [6.07, 6.45) is 0.791. The van der Waals surface area contributed by atoms with Crippen molar-refractivity contribution in [1.29, 1.82) is 0 Å². The number of methoxy groups -OCH3 is 1. The van der Waals surface area contributed by atoms with E-state index in [9.17, 15) is 9.59 Å². The lowest BCUT2D eigenvalue weighted by Gasteiger charge is -2.21. The van der Waals surface area contributed by atoms with Crippen LogP contribution in [0, 0.1) is 12.8 Å². The number of hydrogen-bond donors (Lipinski definition) is 1. The molecule has 0 aromatic carbocycles. The molecule has 20 heavy (non-hydrogen) atoms. The minimum atomic E-state index is -0.587. The molecule has 0 aliphatic heterocycles. The Labute approximate surface area is 127 Å². The average molecular weight is 316 g/mol. The minimum Gasteiger partial charge on any atom is -0.467 e. The second-order valence-electron chi connectivity index (χ2n) is 4.50. The summed E-state index contributed by atoms with van der Waals surface area (Å²) in [4.78, 5) is 27.9. The van der Waals surface area contributed by atoms with Gasteiger partial charge in [0.25, 0.3) is 0 Å². The smallest absolute Gasteiger partial charge is 0.328 e. The lowest BCUT2D eigenvalue weighted by atomic mass is 9.99. The molecular formula is C13H20N2O3S2. The Bertz CT molecular complexity index is 462. The van der Waals surface area contributed by atoms with E-state index in [0.717, 1.165) is 16.5 Å². The highest BCUT2D eigenvalue weighted by molar-refractivity contribution is 8.01. The van der Waals surface area contributed by atoms with Crippen molar-refractivity contribution in [3.05, 3.63) is 11.1 Å². The number of nitrogens with one attached hydrogen (secondary N) is 1. The fourth-order valence-electron chi connectivity index (χ4n) is 1.54. The zero-order valence-corrected chi connectivity index (χ0v) is 13.8. The molecule has 1 heterocycles. The summed E-state index contributed by atoms with van der Waals surface area (Å²) in [5, 5.41) is 4.68. The first kappa shape index (κ1) is 17.0. The SMILES string of the molecule is CCC(C)C(NC(=O)CSc1nc(C)cs1)C(=O)OC. The van der Waals surface area contributed by atoms with Crippen LogP contribution in [0.1, 0.15) is 26.0 Å². The first-order chi connectivity index (χ1) is 9.47. The summed E-state index contributed by atoms with van der Waals surface area (Å²) in [5.41, 5.74) is 0.949. The van der Waals surface area contributed by atoms with Gasteiger partial charge in [-0.1, -0.05) is 32.0 Å². The molecular weight excluding hydrogens is 296 g/mol. The summed E-state index contributed by atoms with van der Waals surface area (Å²) in [6, 6.07) is -0.587. The van der Waals surface area contributed by atoms with Gasteiger partial charge in [-0.05, 0) is 12.8 Å². The maximum Gasteiger partial charge on any atom is 0.328 e. The molecule has 0 saturated heterocycles. The van der Waals surface area contributed by atoms with Gasteiger partial charge in [-0.15, -0.1) is 11.3 Å². The standard InChI is InChI=1S/C13H20N2O3S2/c1-5-8(2)11(12(17)18-4)15-10(16)7-20-13-14-9(3)6-19-13/h6,8,11H,5,7H2,1-4H3,(H,15,16). The lowest BCUT2D eigenvalue weighted by molar-refractivity contribution is -0.146. The van der Waals surface area contributed by atoms with Gasteiger partial charge < -0.3 is 10.1 Å². The highest BCUT2D eigenvalue weighted by atomic mass is 32.2. The third-order valence-electron chi connectivity index (χ3n) is 2.91. The molecule has 5 nitrogen and oxygen atoms in total. The number of esters is 1. The van der Waals surface area contributed by atoms with E-state index in [-0.39, 0.29) is 17.6 Å². The summed E-state index contributed by atoms with van der Waals surface area (Å²) in [7, 11) is 1.33. The molecule has 2 atom stereocenters. The van der Waals surface area contributed by atoms with E-state index in [1.807, 2.05) is 26.2 Å². The number of aromatic nitrogens is 1. The molecule has 1 rings (SSSR count). The first-order valence-corrected chi connectivity index (χ1v) is 8.26. The average Bonchev–Trinajstić information content (AvgIpc) is 2.86. The number of aryl methyl sites for hydroxylation is 1. The molecule has 0 fully saturated rings. The summed E-state index contributed by atoms with van der Waals surface area (Å²) in [5.74, 6) is -0.295. The second-order valence-corrected chi connectivity index (χ2v) is 6.58. The molecule has 1 N–H and O–H groups in total. The normalized spacial score (nSPS) is 13.6. The molecule has 0 aliphatic carbocycles. The van der Waals surface area contributed by atoms with Gasteiger partial charge in [0.1, 0.15) is 6.04 Å². The minimum absolute atomic E-state index is 0.0403. The van der Waals surface area contributed by atoms with Crippen molar-refractivity contribution in [1.82, 2.24) is 10.3 Å². The predicted molar refractivity (Wildman–Crippen MR) is 81.0 cm³/mol. The Hall–Kier alpha value is -1.08. The second kappa shape index (κ2) is 8.26. The maximum atomic E-state index is 11.9. The van der Waals surface area contributed by atoms with Crippen LogP contribution in [-0.2, 0) is 14.3 Å². The number of carbonyl (C=O) groups is 2. The van der Waals surface area contributed by atoms with Crippen LogP contribution in [0.15, 0.2) is 9.72 Å². The molecule has 0 radical (unpaired) electrons. The van der Waals surface area contributed by atoms with Crippen molar-refractivity contribution in [2.75, 3.05) is 12.9 Å². The molecule has 2 unspecified atom stereocenters. The van der Waals surface area contributed by atoms with Gasteiger partial charge in [-0.3, -0.25) is 4.79 Å². The number of carbonyl (C=O) groups excluding carboxylic acids is 2. The van der Waals surface area contributed by atoms with Crippen LogP contribution in [0.5, 0.6) is 0 Å². The maximum absolute atomic E-state index is 11.9. The van der Waals surface area contributed by atoms with E-state index < -0.39 is 12.0 Å². The van der Waals surface area contributed by atoms with Crippen molar-refractivity contribution < 1.29 is 14.3 Å². The Balaban J connectivity index is 2.51. The predicted octanol–water partition coefficient (Wildman–Crippen LogP) is 2.25. The molecule has 0 bridgehead atoms. The number of hydrogen-bond acceptors (Lipinski definition) is 6. The van der Waals surface area contributed by atoms with Gasteiger partial charge in [-0.2, -0.15) is 0 Å². The Morgan fingerprint density at radius 1 is 1.55 bits per heavy atom. The third-order valence-corrected chi connectivity index (χ3v) is 5.05. The van der Waals surface area contributed by atoms with Crippen molar-refractivity contribution in [2.24, 2.45) is 5.92 Å². The van der Waals surface area contributed by atoms with Crippen LogP contribution in [0.2, 0.25) is 0 Å². The molecule has 112 valence electrons. The van der Waals surface area contributed by atoms with E-state index in [1.165, 1.54) is 30.2 Å². The van der Waals surface area contributed by atoms with Crippen LogP contribution >= 0.6 is 23.1 Å². The Kier molecular flexibility index (Phi) is 7.01. The van der Waals surface area contributed by atoms with Gasteiger partial charge in [0, 0.05) is 11.1 Å². The van der Waals surface area contributed by atoms with Crippen molar-refractivity contribution in [3.63, 3.8) is 0 Å². The first-order valence-electron chi connectivity index (χ1n) is 6.40. The number of amides is 1. The van der Waals surface area contributed by atoms with E-state index in [2.05, 4.69) is 10.3 Å². The molecule has 1 aromatic heterocycles. The van der Waals surface area contributed by atoms with Crippen LogP contribution in [-0.4, -0.2) is 35.8 Å². The quantitative estimate of drug-likeness (QED) is 0.617. The van der Waals surface area contributed by atoms with E-state index in [1.54, 1.807) is 0 Å². The fourth-order valence-corrected chi connectivity index (χ4v) is 3.20. The monoisotopic (exact) mass is 316 g/mol. The number of rotatable bonds is 7. The largest absolute Gasteiger partial charge is 0.467 e. The summed E-state index contributed by atoms with van der Waals surface area (Å²) in [6.45, 7) is 5.80. The zero-order valence-electron chi connectivity index (χ0n) is 12.1. The van der Waals surface area contributed by atoms with E-state index in [0.29, 0.717) is 0 Å². The summed E-state index contributed by atoms with van der Waals surface area (Å²) >= 11 is 2.89. The van der Waals surface area contributed by atoms with Crippen molar-refractivity contribution in [3.8, 4) is 0 Å². The van der Waals surface area contributed by atoms with Gasteiger partial charge in [0.2, 0.25) is 5.91 Å². The summed E-state index contributed by atoms with van der Waals surface area (Å²) < 4.78 is 5.59. The molecule has 0 spiro atoms. The molecule has 0 aliphatic rings. The Morgan fingerprint density at radius 2 is 2.25 bits per heavy atom. The topological polar surface area (TPSA) is 68.3 Å². The molecule has 1 aromatic rings. The molecule has 7 heteroatoms. The number of thiazole rings is 1. The number of thioether (sulfide) groups is 1. The van der Waals surface area contributed by atoms with Gasteiger partial charge in [-0.25, -0.2) is 9.78 Å². The van der Waals surface area contributed by atoms with Crippen LogP contribution in [0.25, 0.3) is 0 Å². The third kappa shape index (κ3) is 5.13. The highest BCUT2D eigenvalue weighted by Crippen LogP contribution is 2.22. The molecule has 0 saturated carbocycles. The number of ether oxygens (including phenoxy) is 1. The number of nitrogens with zero attached hydrogens (tertiary/aromatic N) is 1. The van der Waals surface area contributed by atoms with Gasteiger partial charge in [0.15, 0.2) is 4.34 Å². The fraction of sp³-hybridized carbons (Fsp3) is 0.615. The Morgan fingerprint density at radius 3 is 2.75 bits per heavy atom.